The van der Waals surface area contributed by atoms with Crippen LogP contribution in [0.4, 0.5) is 4.79 Å². The van der Waals surface area contributed by atoms with E-state index < -0.39 is 83.4 Å². The van der Waals surface area contributed by atoms with Crippen molar-refractivity contribution < 1.29 is 48.0 Å². The molecule has 2 aromatic rings. The fourth-order valence-electron chi connectivity index (χ4n) is 9.73. The maximum Gasteiger partial charge on any atom is 0.410 e. The van der Waals surface area contributed by atoms with E-state index in [9.17, 15) is 24.3 Å². The summed E-state index contributed by atoms with van der Waals surface area (Å²) in [5, 5.41) is 11.9. The molecule has 0 radical (unpaired) electrons. The Bertz CT molecular complexity index is 1810. The number of unbranched alkanes of at least 4 members (excludes halogenated alkanes) is 1. The molecule has 2 aromatic heterocycles. The summed E-state index contributed by atoms with van der Waals surface area (Å²) in [7, 11) is 5.24. The molecule has 0 bridgehead atoms. The van der Waals surface area contributed by atoms with Crippen molar-refractivity contribution in [2.75, 3.05) is 27.7 Å². The molecule has 1 N–H and O–H groups in total. The van der Waals surface area contributed by atoms with Crippen LogP contribution >= 0.6 is 11.6 Å². The number of aryl methyl sites for hydroxylation is 1. The quantitative estimate of drug-likeness (QED) is 0.115. The number of cyclic esters (lactones) is 1. The van der Waals surface area contributed by atoms with E-state index in [2.05, 4.69) is 9.97 Å². The molecule has 3 aliphatic rings. The fraction of sp³-hybridized carbons (Fsp3) is 0.727. The van der Waals surface area contributed by atoms with Crippen LogP contribution < -0.4 is 0 Å². The lowest BCUT2D eigenvalue weighted by Crippen LogP contribution is -2.61. The van der Waals surface area contributed by atoms with E-state index in [0.717, 1.165) is 11.3 Å². The Hall–Kier alpha value is -3.47. The number of Topliss-reactive ketones (excluding diaryl/α,β-unsaturated/α-hetero) is 2. The first-order valence-electron chi connectivity index (χ1n) is 21.4. The zero-order valence-corrected chi connectivity index (χ0v) is 37.9. The van der Waals surface area contributed by atoms with Crippen LogP contribution in [0.5, 0.6) is 0 Å². The summed E-state index contributed by atoms with van der Waals surface area (Å²) < 4.78 is 33.5. The monoisotopic (exact) mass is 859 g/mol. The molecule has 60 heavy (non-hydrogen) atoms. The van der Waals surface area contributed by atoms with Crippen molar-refractivity contribution in [1.82, 2.24) is 24.3 Å². The van der Waals surface area contributed by atoms with Gasteiger partial charge in [0.25, 0.3) is 0 Å². The largest absolute Gasteiger partial charge is 0.457 e. The molecular formula is C44H66ClN5O10. The van der Waals surface area contributed by atoms with Crippen LogP contribution in [-0.4, -0.2) is 135 Å². The number of nitrogens with zero attached hydrogens (tertiary/aromatic N) is 5. The lowest BCUT2D eigenvalue weighted by atomic mass is 9.72. The molecule has 0 aromatic carbocycles. The van der Waals surface area contributed by atoms with Crippen LogP contribution in [0.25, 0.3) is 11.3 Å². The first kappa shape index (κ1) is 47.6. The number of aliphatic hydroxyl groups excluding tert-OH is 1. The second kappa shape index (κ2) is 19.7. The third-order valence-corrected chi connectivity index (χ3v) is 13.4. The molecular weight excluding hydrogens is 794 g/mol. The van der Waals surface area contributed by atoms with E-state index in [1.54, 1.807) is 37.3 Å². The minimum atomic E-state index is -1.37. The average Bonchev–Trinajstić information content (AvgIpc) is 3.81. The summed E-state index contributed by atoms with van der Waals surface area (Å²) in [6.45, 7) is 15.1. The van der Waals surface area contributed by atoms with Gasteiger partial charge in [0.15, 0.2) is 17.7 Å². The number of aromatic nitrogens is 3. The standard InChI is InChI=1S/C44H66ClN5O10/c1-12-33-44(13-2)38(50(42(55)60-44)19-15-14-18-49-23-31(47-24-49)30-16-17-34(45)46-22-30)27(5)35(51)25(3)21-43(8,56-11)39(28(6)36(52)29(7)40(54)58-33)59-41-37(53)32(48(9)10)20-26(4)57-41/h16-17,22-29,32-33,37-39,41,53H,12-15,18-21H2,1-11H3/t25-,26-,27-,28+,29-,32+,33+,37-,38+,39-,41?,43+,44-/m1/s1. The predicted molar refractivity (Wildman–Crippen MR) is 224 cm³/mol. The van der Waals surface area contributed by atoms with Gasteiger partial charge in [0.2, 0.25) is 0 Å². The second-order valence-corrected chi connectivity index (χ2v) is 18.0. The minimum absolute atomic E-state index is 0.125. The first-order valence-corrected chi connectivity index (χ1v) is 21.8. The predicted octanol–water partition coefficient (Wildman–Crippen LogP) is 5.97. The number of likely N-dealkylation sites (N-methyl/N-ethyl adjacent to an activating group) is 1. The van der Waals surface area contributed by atoms with Crippen molar-refractivity contribution in [3.05, 3.63) is 36.0 Å². The third kappa shape index (κ3) is 9.76. The van der Waals surface area contributed by atoms with Crippen molar-refractivity contribution in [1.29, 1.82) is 0 Å². The summed E-state index contributed by atoms with van der Waals surface area (Å²) >= 11 is 5.96. The third-order valence-electron chi connectivity index (χ3n) is 13.2. The SMILES string of the molecule is CC[C@@H]1OC(=O)[C@H](C)C(=O)[C@H](C)[C@@H](OC2O[C@H](C)C[C@H](N(C)C)[C@H]2O)[C@@](C)(OC)C[C@@H](C)C(=O)[C@@H](C)[C@@H]2N(CCCCn3cnc(-c4ccc(Cl)nc4)c3)C(=O)O[C@]12CC. The van der Waals surface area contributed by atoms with Gasteiger partial charge in [0.05, 0.1) is 35.9 Å². The maximum atomic E-state index is 14.8. The number of ether oxygens (including phenoxy) is 5. The van der Waals surface area contributed by atoms with E-state index in [1.165, 1.54) is 14.0 Å². The molecule has 5 rings (SSSR count). The van der Waals surface area contributed by atoms with Crippen LogP contribution in [0.3, 0.4) is 0 Å². The molecule has 13 atom stereocenters. The Morgan fingerprint density at radius 1 is 1.00 bits per heavy atom. The number of hydrogen-bond acceptors (Lipinski definition) is 13. The molecule has 15 nitrogen and oxygen atoms in total. The van der Waals surface area contributed by atoms with Crippen molar-refractivity contribution >= 4 is 35.2 Å². The zero-order valence-electron chi connectivity index (χ0n) is 37.1. The molecule has 1 unspecified atom stereocenters. The van der Waals surface area contributed by atoms with Gasteiger partial charge in [-0.2, -0.15) is 0 Å². The van der Waals surface area contributed by atoms with Gasteiger partial charge in [-0.1, -0.05) is 46.2 Å². The average molecular weight is 860 g/mol. The highest BCUT2D eigenvalue weighted by molar-refractivity contribution is 6.29. The molecule has 1 amide bonds. The molecule has 3 saturated heterocycles. The summed E-state index contributed by atoms with van der Waals surface area (Å²) in [6, 6.07) is 2.50. The Kier molecular flexibility index (Phi) is 15.6. The second-order valence-electron chi connectivity index (χ2n) is 17.6. The normalized spacial score (nSPS) is 35.9. The van der Waals surface area contributed by atoms with Gasteiger partial charge < -0.3 is 43.2 Å². The maximum absolute atomic E-state index is 14.8. The number of methoxy groups -OCH3 is 1. The Labute approximate surface area is 359 Å². The van der Waals surface area contributed by atoms with Gasteiger partial charge in [0.1, 0.15) is 29.1 Å². The number of amides is 1. The fourth-order valence-corrected chi connectivity index (χ4v) is 9.84. The summed E-state index contributed by atoms with van der Waals surface area (Å²) in [5.74, 6) is -4.97. The van der Waals surface area contributed by atoms with Crippen molar-refractivity contribution in [2.45, 2.75) is 154 Å². The Morgan fingerprint density at radius 2 is 1.70 bits per heavy atom. The summed E-state index contributed by atoms with van der Waals surface area (Å²) in [6.07, 6.45) is 2.81. The lowest BCUT2D eigenvalue weighted by Gasteiger charge is -2.47. The smallest absolute Gasteiger partial charge is 0.410 e. The van der Waals surface area contributed by atoms with Crippen LogP contribution in [0.1, 0.15) is 93.9 Å². The van der Waals surface area contributed by atoms with E-state index in [0.29, 0.717) is 37.5 Å². The van der Waals surface area contributed by atoms with Gasteiger partial charge in [-0.3, -0.25) is 14.4 Å². The molecule has 16 heteroatoms. The molecule has 334 valence electrons. The van der Waals surface area contributed by atoms with Crippen LogP contribution in [0.15, 0.2) is 30.9 Å². The van der Waals surface area contributed by atoms with Crippen LogP contribution in [0, 0.1) is 23.7 Å². The number of fused-ring (bicyclic) bond motifs is 1. The molecule has 3 aliphatic heterocycles. The van der Waals surface area contributed by atoms with Crippen molar-refractivity contribution in [2.24, 2.45) is 23.7 Å². The Morgan fingerprint density at radius 3 is 2.32 bits per heavy atom. The van der Waals surface area contributed by atoms with Gasteiger partial charge in [0, 0.05) is 62.0 Å². The highest BCUT2D eigenvalue weighted by Crippen LogP contribution is 2.45. The topological polar surface area (TPSA) is 172 Å². The summed E-state index contributed by atoms with van der Waals surface area (Å²) in [5.41, 5.74) is -1.04. The number of carbonyl (C=O) groups is 4. The van der Waals surface area contributed by atoms with Gasteiger partial charge >= 0.3 is 12.1 Å². The number of pyridine rings is 1. The molecule has 3 fully saturated rings. The van der Waals surface area contributed by atoms with E-state index >= 15 is 0 Å². The van der Waals surface area contributed by atoms with Crippen molar-refractivity contribution in [3.8, 4) is 11.3 Å². The van der Waals surface area contributed by atoms with Crippen LogP contribution in [0.2, 0.25) is 5.15 Å². The number of halogens is 1. The number of hydrogen-bond donors (Lipinski definition) is 1. The number of imidazole rings is 1. The number of carbonyl (C=O) groups excluding carboxylic acids is 4. The van der Waals surface area contributed by atoms with E-state index in [1.807, 2.05) is 70.4 Å². The summed E-state index contributed by atoms with van der Waals surface area (Å²) in [4.78, 5) is 69.5. The highest BCUT2D eigenvalue weighted by atomic mass is 35.5. The van der Waals surface area contributed by atoms with E-state index in [-0.39, 0.29) is 37.2 Å². The van der Waals surface area contributed by atoms with Crippen molar-refractivity contribution in [3.63, 3.8) is 0 Å². The van der Waals surface area contributed by atoms with Gasteiger partial charge in [-0.25, -0.2) is 14.8 Å². The number of rotatable bonds is 12. The molecule has 0 saturated carbocycles. The zero-order chi connectivity index (χ0) is 44.3. The first-order chi connectivity index (χ1) is 28.3. The number of esters is 1. The van der Waals surface area contributed by atoms with Gasteiger partial charge in [-0.15, -0.1) is 0 Å². The number of ketones is 2. The van der Waals surface area contributed by atoms with E-state index in [4.69, 9.17) is 35.3 Å². The molecule has 0 spiro atoms. The van der Waals surface area contributed by atoms with Gasteiger partial charge in [-0.05, 0) is 85.5 Å². The van der Waals surface area contributed by atoms with Crippen LogP contribution in [-0.2, 0) is 44.6 Å². The lowest BCUT2D eigenvalue weighted by molar-refractivity contribution is -0.295. The highest BCUT2D eigenvalue weighted by Gasteiger charge is 2.62. The molecule has 0 aliphatic carbocycles. The Balaban J connectivity index is 1.45. The minimum Gasteiger partial charge on any atom is -0.457 e. The molecule has 5 heterocycles. The number of aliphatic hydroxyl groups is 1.